The summed E-state index contributed by atoms with van der Waals surface area (Å²) in [6, 6.07) is 27.3. The van der Waals surface area contributed by atoms with Crippen LogP contribution in [0.25, 0.3) is 23.3 Å². The molecule has 0 amide bonds. The van der Waals surface area contributed by atoms with Gasteiger partial charge in [-0.1, -0.05) is 0 Å². The van der Waals surface area contributed by atoms with Crippen LogP contribution in [-0.4, -0.2) is 12.3 Å². The standard InChI is InChI=1S/C17H24P.C16H13.2ClH.Ti/c1-3-5-11-18(12-6-4-2)17-13-15-9-7-8-10-16(15)14-17;1-12-10-14-8-5-9-15(16(14)11-12)13-6-3-2-4-7-13;;;/h7-10,13-14H,3-6,11-12H2,1-2H3;2-11H,1H3;2*1H;/q;;;;+2/p-2. The van der Waals surface area contributed by atoms with E-state index in [0.717, 1.165) is 0 Å². The Kier molecular flexibility index (Phi) is 11.8. The number of benzene rings is 3. The van der Waals surface area contributed by atoms with Gasteiger partial charge >= 0.3 is 224 Å². The van der Waals surface area contributed by atoms with Crippen molar-refractivity contribution in [2.45, 2.75) is 54.9 Å². The van der Waals surface area contributed by atoms with Gasteiger partial charge in [-0.3, -0.25) is 0 Å². The summed E-state index contributed by atoms with van der Waals surface area (Å²) in [6.45, 7) is 7.10. The third-order valence-electron chi connectivity index (χ3n) is 7.53. The quantitative estimate of drug-likeness (QED) is 0.250. The van der Waals surface area contributed by atoms with Crippen molar-refractivity contribution in [3.05, 3.63) is 106 Å². The molecule has 0 aromatic heterocycles. The Balaban J connectivity index is 0.00000190. The summed E-state index contributed by atoms with van der Waals surface area (Å²) in [7, 11) is -0.0305. The molecule has 0 saturated carbocycles. The third kappa shape index (κ3) is 6.54. The van der Waals surface area contributed by atoms with E-state index in [1.54, 1.807) is 16.7 Å². The molecule has 4 heteroatoms. The molecular formula is C33H37Cl2PTi. The van der Waals surface area contributed by atoms with E-state index in [-0.39, 0.29) is 51.9 Å². The van der Waals surface area contributed by atoms with E-state index in [4.69, 9.17) is 0 Å². The molecule has 2 aliphatic carbocycles. The van der Waals surface area contributed by atoms with Crippen LogP contribution in [0.2, 0.25) is 0 Å². The van der Waals surface area contributed by atoms with Crippen molar-refractivity contribution >= 4 is 20.1 Å². The summed E-state index contributed by atoms with van der Waals surface area (Å²) in [5.74, 6) is 0. The van der Waals surface area contributed by atoms with Gasteiger partial charge in [-0.15, -0.1) is 0 Å². The Bertz CT molecular complexity index is 1230. The number of hydrogen-bond donors (Lipinski definition) is 0. The van der Waals surface area contributed by atoms with E-state index in [2.05, 4.69) is 106 Å². The summed E-state index contributed by atoms with van der Waals surface area (Å²) >= 11 is -0.288. The number of unbranched alkanes of at least 4 members (excludes halogenated alkanes) is 2. The van der Waals surface area contributed by atoms with Crippen LogP contribution in [0.3, 0.4) is 0 Å². The normalized spacial score (nSPS) is 17.2. The predicted octanol–water partition coefficient (Wildman–Crippen LogP) is 4.08. The van der Waals surface area contributed by atoms with Crippen molar-refractivity contribution in [1.82, 2.24) is 0 Å². The maximum absolute atomic E-state index is 2.63. The Hall–Kier alpha value is -1.14. The smallest absolute Gasteiger partial charge is 1.00 e. The van der Waals surface area contributed by atoms with Gasteiger partial charge in [-0.05, 0) is 0 Å². The third-order valence-corrected chi connectivity index (χ3v) is 13.9. The van der Waals surface area contributed by atoms with E-state index in [9.17, 15) is 0 Å². The average Bonchev–Trinajstić information content (AvgIpc) is 3.42. The van der Waals surface area contributed by atoms with Crippen molar-refractivity contribution in [3.8, 4) is 11.1 Å². The molecule has 0 N–H and O–H groups in total. The molecule has 5 rings (SSSR count). The van der Waals surface area contributed by atoms with Crippen LogP contribution in [0.15, 0.2) is 83.7 Å². The average molecular weight is 583 g/mol. The van der Waals surface area contributed by atoms with E-state index < -0.39 is 0 Å². The minimum atomic E-state index is -0.288. The van der Waals surface area contributed by atoms with Gasteiger partial charge in [-0.25, -0.2) is 0 Å². The summed E-state index contributed by atoms with van der Waals surface area (Å²) in [5, 5.41) is 1.84. The summed E-state index contributed by atoms with van der Waals surface area (Å²) < 4.78 is 1.31. The molecule has 0 saturated heterocycles. The summed E-state index contributed by atoms with van der Waals surface area (Å²) in [6.07, 6.45) is 13.4. The van der Waals surface area contributed by atoms with Crippen molar-refractivity contribution in [3.63, 3.8) is 0 Å². The second kappa shape index (κ2) is 14.3. The Labute approximate surface area is 246 Å². The molecular weight excluding hydrogens is 546 g/mol. The van der Waals surface area contributed by atoms with Gasteiger partial charge in [0.05, 0.1) is 0 Å². The molecule has 0 spiro atoms. The Morgan fingerprint density at radius 2 is 1.35 bits per heavy atom. The topological polar surface area (TPSA) is 0 Å². The maximum atomic E-state index is 2.63. The molecule has 2 unspecified atom stereocenters. The van der Waals surface area contributed by atoms with E-state index in [1.165, 1.54) is 60.3 Å². The zero-order valence-corrected chi connectivity index (χ0v) is 26.2. The molecule has 0 aliphatic heterocycles. The zero-order valence-electron chi connectivity index (χ0n) is 22.2. The van der Waals surface area contributed by atoms with Crippen LogP contribution in [0.5, 0.6) is 0 Å². The van der Waals surface area contributed by atoms with Crippen LogP contribution in [0.4, 0.5) is 0 Å². The molecule has 0 nitrogen and oxygen atoms in total. The largest absolute Gasteiger partial charge is 1.00 e. The van der Waals surface area contributed by atoms with E-state index >= 15 is 0 Å². The van der Waals surface area contributed by atoms with Gasteiger partial charge in [-0.2, -0.15) is 0 Å². The van der Waals surface area contributed by atoms with Crippen LogP contribution in [0, 0.1) is 0 Å². The fraction of sp³-hybridized carbons (Fsp3) is 0.333. The van der Waals surface area contributed by atoms with Gasteiger partial charge in [0.1, 0.15) is 0 Å². The maximum Gasteiger partial charge on any atom is -1.00 e. The fourth-order valence-corrected chi connectivity index (χ4v) is 12.6. The van der Waals surface area contributed by atoms with Crippen LogP contribution in [-0.2, 0) is 19.2 Å². The molecule has 3 aromatic carbocycles. The van der Waals surface area contributed by atoms with Gasteiger partial charge < -0.3 is 24.8 Å². The number of hydrogen-bond acceptors (Lipinski definition) is 0. The zero-order chi connectivity index (χ0) is 24.2. The monoisotopic (exact) mass is 582 g/mol. The SMILES string of the molecule is CCCCP(CCCC)C1=Cc2ccccc2[CH]1[Ti+2][CH]1C(C)=Cc2c(-c3ccccc3)cccc21.[Cl-].[Cl-]. The van der Waals surface area contributed by atoms with Crippen molar-refractivity contribution in [2.75, 3.05) is 12.3 Å². The molecule has 0 heterocycles. The predicted molar refractivity (Wildman–Crippen MR) is 152 cm³/mol. The number of allylic oxidation sites excluding steroid dienone is 2. The second-order valence-electron chi connectivity index (χ2n) is 9.99. The summed E-state index contributed by atoms with van der Waals surface area (Å²) in [4.78, 5) is 0. The summed E-state index contributed by atoms with van der Waals surface area (Å²) in [5.41, 5.74) is 10.5. The first-order valence-electron chi connectivity index (χ1n) is 13.4. The molecule has 0 fully saturated rings. The first kappa shape index (κ1) is 30.4. The van der Waals surface area contributed by atoms with Crippen LogP contribution >= 0.6 is 7.92 Å². The molecule has 0 radical (unpaired) electrons. The molecule has 2 aliphatic rings. The van der Waals surface area contributed by atoms with Gasteiger partial charge in [0.25, 0.3) is 0 Å². The Morgan fingerprint density at radius 3 is 2.05 bits per heavy atom. The molecule has 37 heavy (non-hydrogen) atoms. The van der Waals surface area contributed by atoms with Crippen molar-refractivity contribution in [1.29, 1.82) is 0 Å². The first-order valence-corrected chi connectivity index (χ1v) is 16.9. The molecule has 2 atom stereocenters. The van der Waals surface area contributed by atoms with Crippen molar-refractivity contribution in [2.24, 2.45) is 0 Å². The van der Waals surface area contributed by atoms with E-state index in [1.807, 2.05) is 5.31 Å². The van der Waals surface area contributed by atoms with Crippen molar-refractivity contribution < 1.29 is 44.0 Å². The van der Waals surface area contributed by atoms with Gasteiger partial charge in [0.15, 0.2) is 0 Å². The minimum Gasteiger partial charge on any atom is -1.00 e. The number of fused-ring (bicyclic) bond motifs is 2. The fourth-order valence-electron chi connectivity index (χ4n) is 5.63. The second-order valence-corrected chi connectivity index (χ2v) is 14.8. The minimum absolute atomic E-state index is 0. The molecule has 3 aromatic rings. The Morgan fingerprint density at radius 1 is 0.703 bits per heavy atom. The molecule has 192 valence electrons. The van der Waals surface area contributed by atoms with Crippen LogP contribution in [0.1, 0.15) is 77.2 Å². The van der Waals surface area contributed by atoms with Gasteiger partial charge in [0.2, 0.25) is 0 Å². The number of halogens is 2. The van der Waals surface area contributed by atoms with E-state index in [0.29, 0.717) is 8.45 Å². The molecule has 0 bridgehead atoms. The first-order chi connectivity index (χ1) is 17.2. The van der Waals surface area contributed by atoms with Crippen LogP contribution < -0.4 is 24.8 Å². The van der Waals surface area contributed by atoms with Gasteiger partial charge in [0, 0.05) is 0 Å². The number of rotatable bonds is 10.